The van der Waals surface area contributed by atoms with Crippen molar-refractivity contribution < 1.29 is 13.9 Å². The molecule has 0 bridgehead atoms. The van der Waals surface area contributed by atoms with Crippen LogP contribution in [-0.4, -0.2) is 18.0 Å². The number of para-hydroxylation sites is 1. The maximum Gasteiger partial charge on any atom is 0.228 e. The van der Waals surface area contributed by atoms with Crippen molar-refractivity contribution in [3.05, 3.63) is 89.6 Å². The van der Waals surface area contributed by atoms with Gasteiger partial charge in [0.15, 0.2) is 0 Å². The molecule has 150 valence electrons. The predicted octanol–water partition coefficient (Wildman–Crippen LogP) is 5.81. The highest BCUT2D eigenvalue weighted by molar-refractivity contribution is 7.13. The van der Waals surface area contributed by atoms with Crippen molar-refractivity contribution >= 4 is 22.9 Å². The highest BCUT2D eigenvalue weighted by atomic mass is 32.1. The Morgan fingerprint density at radius 2 is 1.70 bits per heavy atom. The van der Waals surface area contributed by atoms with Crippen LogP contribution >= 0.6 is 11.3 Å². The second-order valence-electron chi connectivity index (χ2n) is 6.64. The Balaban J connectivity index is 1.54. The first-order valence-corrected chi connectivity index (χ1v) is 10.2. The fourth-order valence-corrected chi connectivity index (χ4v) is 3.94. The van der Waals surface area contributed by atoms with E-state index in [-0.39, 0.29) is 18.1 Å². The summed E-state index contributed by atoms with van der Waals surface area (Å²) in [4.78, 5) is 17.2. The van der Waals surface area contributed by atoms with Crippen molar-refractivity contribution in [2.45, 2.75) is 6.42 Å². The van der Waals surface area contributed by atoms with E-state index in [2.05, 4.69) is 10.3 Å². The second-order valence-corrected chi connectivity index (χ2v) is 7.49. The number of carbonyl (C=O) groups is 1. The molecule has 1 heterocycles. The third-order valence-electron chi connectivity index (χ3n) is 4.61. The average Bonchev–Trinajstić information content (AvgIpc) is 3.25. The number of methoxy groups -OCH3 is 1. The molecule has 0 aliphatic rings. The average molecular weight is 418 g/mol. The Bertz CT molecular complexity index is 1170. The number of rotatable bonds is 6. The van der Waals surface area contributed by atoms with E-state index in [4.69, 9.17) is 4.74 Å². The number of aromatic nitrogens is 1. The Kier molecular flexibility index (Phi) is 5.86. The highest BCUT2D eigenvalue weighted by Crippen LogP contribution is 2.33. The van der Waals surface area contributed by atoms with Gasteiger partial charge in [-0.2, -0.15) is 0 Å². The van der Waals surface area contributed by atoms with Crippen LogP contribution in [0.15, 0.2) is 78.2 Å². The molecule has 0 unspecified atom stereocenters. The fourth-order valence-electron chi connectivity index (χ4n) is 3.09. The molecular weight excluding hydrogens is 399 g/mol. The normalized spacial score (nSPS) is 10.6. The van der Waals surface area contributed by atoms with Crippen LogP contribution in [0.1, 0.15) is 5.56 Å². The van der Waals surface area contributed by atoms with Crippen LogP contribution in [0.25, 0.3) is 21.8 Å². The van der Waals surface area contributed by atoms with Gasteiger partial charge in [-0.05, 0) is 35.9 Å². The summed E-state index contributed by atoms with van der Waals surface area (Å²) in [6, 6.07) is 21.4. The number of anilines is 1. The van der Waals surface area contributed by atoms with E-state index < -0.39 is 0 Å². The van der Waals surface area contributed by atoms with Gasteiger partial charge in [-0.1, -0.05) is 42.5 Å². The van der Waals surface area contributed by atoms with Gasteiger partial charge in [0.05, 0.1) is 24.9 Å². The van der Waals surface area contributed by atoms with Crippen molar-refractivity contribution in [2.24, 2.45) is 0 Å². The van der Waals surface area contributed by atoms with E-state index in [0.717, 1.165) is 16.9 Å². The maximum atomic E-state index is 14.1. The Labute approximate surface area is 178 Å². The molecule has 1 amide bonds. The maximum absolute atomic E-state index is 14.1. The molecule has 0 aliphatic carbocycles. The molecule has 0 fully saturated rings. The number of hydrogen-bond acceptors (Lipinski definition) is 4. The zero-order chi connectivity index (χ0) is 20.9. The third kappa shape index (κ3) is 4.39. The molecular formula is C24H19FN2O2S. The number of hydrogen-bond donors (Lipinski definition) is 1. The molecule has 3 aromatic carbocycles. The zero-order valence-electron chi connectivity index (χ0n) is 16.3. The van der Waals surface area contributed by atoms with Gasteiger partial charge in [-0.3, -0.25) is 4.79 Å². The predicted molar refractivity (Wildman–Crippen MR) is 118 cm³/mol. The first-order valence-electron chi connectivity index (χ1n) is 9.36. The van der Waals surface area contributed by atoms with Crippen LogP contribution in [0, 0.1) is 5.82 Å². The van der Waals surface area contributed by atoms with Gasteiger partial charge >= 0.3 is 0 Å². The summed E-state index contributed by atoms with van der Waals surface area (Å²) in [6.45, 7) is 0. The summed E-state index contributed by atoms with van der Waals surface area (Å²) < 4.78 is 19.2. The molecule has 30 heavy (non-hydrogen) atoms. The first-order chi connectivity index (χ1) is 14.6. The number of amides is 1. The standard InChI is InChI=1S/C24H19FN2O2S/c1-29-17-12-10-16(11-13-17)14-23(28)26-21-9-5-3-7-19(21)22-15-30-24(27-22)18-6-2-4-8-20(18)25/h2-13,15H,14H2,1H3,(H,26,28). The van der Waals surface area contributed by atoms with Crippen molar-refractivity contribution in [1.29, 1.82) is 0 Å². The largest absolute Gasteiger partial charge is 0.497 e. The van der Waals surface area contributed by atoms with Gasteiger partial charge in [0, 0.05) is 16.5 Å². The van der Waals surface area contributed by atoms with Gasteiger partial charge in [0.1, 0.15) is 16.6 Å². The number of ether oxygens (including phenoxy) is 1. The van der Waals surface area contributed by atoms with Gasteiger partial charge in [0.2, 0.25) is 5.91 Å². The van der Waals surface area contributed by atoms with Crippen molar-refractivity contribution in [1.82, 2.24) is 4.98 Å². The molecule has 1 N–H and O–H groups in total. The van der Waals surface area contributed by atoms with Crippen LogP contribution in [0.4, 0.5) is 10.1 Å². The molecule has 0 saturated heterocycles. The number of carbonyl (C=O) groups excluding carboxylic acids is 1. The van der Waals surface area contributed by atoms with Crippen molar-refractivity contribution in [3.8, 4) is 27.6 Å². The first kappa shape index (κ1) is 19.8. The van der Waals surface area contributed by atoms with E-state index in [0.29, 0.717) is 22.0 Å². The van der Waals surface area contributed by atoms with E-state index in [1.54, 1.807) is 25.3 Å². The lowest BCUT2D eigenvalue weighted by molar-refractivity contribution is -0.115. The second kappa shape index (κ2) is 8.88. The minimum atomic E-state index is -0.306. The number of thiazole rings is 1. The summed E-state index contributed by atoms with van der Waals surface area (Å²) in [7, 11) is 1.61. The Morgan fingerprint density at radius 1 is 1.00 bits per heavy atom. The summed E-state index contributed by atoms with van der Waals surface area (Å²) in [6.07, 6.45) is 0.246. The lowest BCUT2D eigenvalue weighted by Crippen LogP contribution is -2.15. The monoisotopic (exact) mass is 418 g/mol. The minimum Gasteiger partial charge on any atom is -0.497 e. The smallest absolute Gasteiger partial charge is 0.228 e. The molecule has 0 saturated carbocycles. The van der Waals surface area contributed by atoms with E-state index in [1.807, 2.05) is 53.9 Å². The molecule has 0 spiro atoms. The molecule has 1 aromatic heterocycles. The molecule has 4 nitrogen and oxygen atoms in total. The molecule has 0 atom stereocenters. The van der Waals surface area contributed by atoms with Gasteiger partial charge < -0.3 is 10.1 Å². The van der Waals surface area contributed by atoms with Crippen LogP contribution in [0.3, 0.4) is 0 Å². The van der Waals surface area contributed by atoms with Gasteiger partial charge in [-0.15, -0.1) is 11.3 Å². The topological polar surface area (TPSA) is 51.2 Å². The zero-order valence-corrected chi connectivity index (χ0v) is 17.1. The number of nitrogens with zero attached hydrogens (tertiary/aromatic N) is 1. The SMILES string of the molecule is COc1ccc(CC(=O)Nc2ccccc2-c2csc(-c3ccccc3F)n2)cc1. The lowest BCUT2D eigenvalue weighted by Gasteiger charge is -2.10. The Morgan fingerprint density at radius 3 is 2.43 bits per heavy atom. The van der Waals surface area contributed by atoms with E-state index in [9.17, 15) is 9.18 Å². The lowest BCUT2D eigenvalue weighted by atomic mass is 10.1. The van der Waals surface area contributed by atoms with Gasteiger partial charge in [0.25, 0.3) is 0 Å². The van der Waals surface area contributed by atoms with Crippen molar-refractivity contribution in [2.75, 3.05) is 12.4 Å². The molecule has 0 aliphatic heterocycles. The van der Waals surface area contributed by atoms with E-state index in [1.165, 1.54) is 17.4 Å². The summed E-state index contributed by atoms with van der Waals surface area (Å²) in [5.74, 6) is 0.315. The quantitative estimate of drug-likeness (QED) is 0.430. The molecule has 6 heteroatoms. The summed E-state index contributed by atoms with van der Waals surface area (Å²) in [5.41, 5.74) is 3.51. The summed E-state index contributed by atoms with van der Waals surface area (Å²) in [5, 5.41) is 5.44. The van der Waals surface area contributed by atoms with Crippen molar-refractivity contribution in [3.63, 3.8) is 0 Å². The fraction of sp³-hybridized carbons (Fsp3) is 0.0833. The van der Waals surface area contributed by atoms with E-state index >= 15 is 0 Å². The third-order valence-corrected chi connectivity index (χ3v) is 5.48. The number of nitrogens with one attached hydrogen (secondary N) is 1. The van der Waals surface area contributed by atoms with Crippen LogP contribution < -0.4 is 10.1 Å². The van der Waals surface area contributed by atoms with Crippen LogP contribution in [-0.2, 0) is 11.2 Å². The Hall–Kier alpha value is -3.51. The number of halogens is 1. The van der Waals surface area contributed by atoms with Crippen LogP contribution in [0.5, 0.6) is 5.75 Å². The summed E-state index contributed by atoms with van der Waals surface area (Å²) >= 11 is 1.37. The number of benzene rings is 3. The highest BCUT2D eigenvalue weighted by Gasteiger charge is 2.14. The van der Waals surface area contributed by atoms with Crippen LogP contribution in [0.2, 0.25) is 0 Å². The minimum absolute atomic E-state index is 0.128. The molecule has 0 radical (unpaired) electrons. The van der Waals surface area contributed by atoms with Gasteiger partial charge in [-0.25, -0.2) is 9.37 Å². The molecule has 4 aromatic rings. The molecule has 4 rings (SSSR count).